The van der Waals surface area contributed by atoms with Crippen LogP contribution in [0.4, 0.5) is 0 Å². The molecule has 1 heterocycles. The van der Waals surface area contributed by atoms with Crippen molar-refractivity contribution in [3.8, 4) is 0 Å². The minimum absolute atomic E-state index is 0.0629. The molecule has 0 aromatic carbocycles. The van der Waals surface area contributed by atoms with Crippen LogP contribution in [-0.4, -0.2) is 49.2 Å². The quantitative estimate of drug-likeness (QED) is 0.781. The smallest absolute Gasteiger partial charge is 0.224 e. The standard InChI is InChI=1S/C12H24N2O2/c1-5-12(2,3)14(4)11(15)8-10-9-16-7-6-13-10/h10,13H,5-9H2,1-4H3. The van der Waals surface area contributed by atoms with Gasteiger partial charge in [-0.3, -0.25) is 4.79 Å². The molecule has 1 aliphatic rings. The van der Waals surface area contributed by atoms with Crippen molar-refractivity contribution in [1.29, 1.82) is 0 Å². The van der Waals surface area contributed by atoms with Gasteiger partial charge < -0.3 is 15.0 Å². The number of amides is 1. The van der Waals surface area contributed by atoms with E-state index in [-0.39, 0.29) is 17.5 Å². The Labute approximate surface area is 98.3 Å². The molecule has 1 aliphatic heterocycles. The lowest BCUT2D eigenvalue weighted by molar-refractivity contribution is -0.136. The van der Waals surface area contributed by atoms with Crippen LogP contribution in [0.2, 0.25) is 0 Å². The number of hydrogen-bond acceptors (Lipinski definition) is 3. The molecule has 1 saturated heterocycles. The maximum atomic E-state index is 12.0. The predicted octanol–water partition coefficient (Wildman–Crippen LogP) is 1.01. The molecule has 4 heteroatoms. The lowest BCUT2D eigenvalue weighted by atomic mass is 9.99. The number of nitrogens with one attached hydrogen (secondary N) is 1. The van der Waals surface area contributed by atoms with Crippen LogP contribution < -0.4 is 5.32 Å². The van der Waals surface area contributed by atoms with Crippen molar-refractivity contribution in [3.63, 3.8) is 0 Å². The summed E-state index contributed by atoms with van der Waals surface area (Å²) in [5.41, 5.74) is -0.0629. The van der Waals surface area contributed by atoms with Gasteiger partial charge in [-0.05, 0) is 20.3 Å². The summed E-state index contributed by atoms with van der Waals surface area (Å²) in [4.78, 5) is 13.9. The minimum Gasteiger partial charge on any atom is -0.378 e. The summed E-state index contributed by atoms with van der Waals surface area (Å²) >= 11 is 0. The molecule has 1 atom stereocenters. The zero-order valence-corrected chi connectivity index (χ0v) is 10.9. The van der Waals surface area contributed by atoms with Gasteiger partial charge >= 0.3 is 0 Å². The van der Waals surface area contributed by atoms with Crippen molar-refractivity contribution in [2.75, 3.05) is 26.8 Å². The van der Waals surface area contributed by atoms with Crippen LogP contribution in [0, 0.1) is 0 Å². The Hall–Kier alpha value is -0.610. The van der Waals surface area contributed by atoms with Gasteiger partial charge in [-0.25, -0.2) is 0 Å². The topological polar surface area (TPSA) is 41.6 Å². The monoisotopic (exact) mass is 228 g/mol. The van der Waals surface area contributed by atoms with Gasteiger partial charge in [-0.15, -0.1) is 0 Å². The van der Waals surface area contributed by atoms with Crippen molar-refractivity contribution in [3.05, 3.63) is 0 Å². The molecule has 16 heavy (non-hydrogen) atoms. The number of rotatable bonds is 4. The van der Waals surface area contributed by atoms with Crippen molar-refractivity contribution >= 4 is 5.91 Å². The first kappa shape index (κ1) is 13.5. The fraction of sp³-hybridized carbons (Fsp3) is 0.917. The zero-order valence-electron chi connectivity index (χ0n) is 10.9. The highest BCUT2D eigenvalue weighted by Crippen LogP contribution is 2.18. The van der Waals surface area contributed by atoms with Crippen molar-refractivity contribution < 1.29 is 9.53 Å². The number of ether oxygens (including phenoxy) is 1. The Balaban J connectivity index is 2.44. The molecule has 0 saturated carbocycles. The van der Waals surface area contributed by atoms with E-state index in [0.29, 0.717) is 13.0 Å². The van der Waals surface area contributed by atoms with Gasteiger partial charge in [0, 0.05) is 31.6 Å². The van der Waals surface area contributed by atoms with E-state index < -0.39 is 0 Å². The van der Waals surface area contributed by atoms with Gasteiger partial charge in [0.15, 0.2) is 0 Å². The molecule has 94 valence electrons. The highest BCUT2D eigenvalue weighted by atomic mass is 16.5. The average Bonchev–Trinajstić information content (AvgIpc) is 2.29. The molecule has 0 aromatic rings. The normalized spacial score (nSPS) is 21.9. The van der Waals surface area contributed by atoms with E-state index in [1.807, 2.05) is 11.9 Å². The summed E-state index contributed by atoms with van der Waals surface area (Å²) in [6, 6.07) is 0.177. The van der Waals surface area contributed by atoms with E-state index in [4.69, 9.17) is 4.74 Å². The molecular weight excluding hydrogens is 204 g/mol. The van der Waals surface area contributed by atoms with E-state index in [1.54, 1.807) is 0 Å². The van der Waals surface area contributed by atoms with E-state index in [9.17, 15) is 4.79 Å². The lowest BCUT2D eigenvalue weighted by Crippen LogP contribution is -2.49. The van der Waals surface area contributed by atoms with Crippen molar-refractivity contribution in [1.82, 2.24) is 10.2 Å². The van der Waals surface area contributed by atoms with Crippen molar-refractivity contribution in [2.45, 2.75) is 45.2 Å². The molecule has 1 rings (SSSR count). The summed E-state index contributed by atoms with van der Waals surface area (Å²) < 4.78 is 5.34. The second kappa shape index (κ2) is 5.64. The van der Waals surface area contributed by atoms with Crippen LogP contribution in [-0.2, 0) is 9.53 Å². The fourth-order valence-electron chi connectivity index (χ4n) is 1.67. The molecule has 1 unspecified atom stereocenters. The maximum absolute atomic E-state index is 12.0. The summed E-state index contributed by atoms with van der Waals surface area (Å²) in [5, 5.41) is 3.30. The Morgan fingerprint density at radius 2 is 2.25 bits per heavy atom. The molecule has 0 bridgehead atoms. The number of hydrogen-bond donors (Lipinski definition) is 1. The second-order valence-corrected chi connectivity index (χ2v) is 5.05. The van der Waals surface area contributed by atoms with Crippen LogP contribution >= 0.6 is 0 Å². The van der Waals surface area contributed by atoms with Gasteiger partial charge in [0.25, 0.3) is 0 Å². The van der Waals surface area contributed by atoms with Gasteiger partial charge in [-0.1, -0.05) is 6.92 Å². The van der Waals surface area contributed by atoms with E-state index >= 15 is 0 Å². The lowest BCUT2D eigenvalue weighted by Gasteiger charge is -2.36. The Bertz CT molecular complexity index is 235. The van der Waals surface area contributed by atoms with Gasteiger partial charge in [0.2, 0.25) is 5.91 Å². The molecule has 0 radical (unpaired) electrons. The minimum atomic E-state index is -0.0629. The first-order chi connectivity index (χ1) is 7.47. The van der Waals surface area contributed by atoms with Crippen LogP contribution in [0.1, 0.15) is 33.6 Å². The first-order valence-corrected chi connectivity index (χ1v) is 6.05. The van der Waals surface area contributed by atoms with Gasteiger partial charge in [0.05, 0.1) is 13.2 Å². The largest absolute Gasteiger partial charge is 0.378 e. The zero-order chi connectivity index (χ0) is 12.2. The molecular formula is C12H24N2O2. The third-order valence-electron chi connectivity index (χ3n) is 3.57. The van der Waals surface area contributed by atoms with E-state index in [1.165, 1.54) is 0 Å². The molecule has 4 nitrogen and oxygen atoms in total. The number of morpholine rings is 1. The maximum Gasteiger partial charge on any atom is 0.224 e. The molecule has 1 fully saturated rings. The number of nitrogens with zero attached hydrogens (tertiary/aromatic N) is 1. The molecule has 0 spiro atoms. The van der Waals surface area contributed by atoms with Crippen molar-refractivity contribution in [2.24, 2.45) is 0 Å². The number of carbonyl (C=O) groups excluding carboxylic acids is 1. The molecule has 0 aliphatic carbocycles. The highest BCUT2D eigenvalue weighted by Gasteiger charge is 2.27. The third kappa shape index (κ3) is 3.46. The summed E-state index contributed by atoms with van der Waals surface area (Å²) in [7, 11) is 1.88. The van der Waals surface area contributed by atoms with E-state index in [0.717, 1.165) is 19.6 Å². The van der Waals surface area contributed by atoms with Gasteiger partial charge in [-0.2, -0.15) is 0 Å². The summed E-state index contributed by atoms with van der Waals surface area (Å²) in [6.45, 7) is 8.53. The van der Waals surface area contributed by atoms with Crippen LogP contribution in [0.3, 0.4) is 0 Å². The van der Waals surface area contributed by atoms with Crippen LogP contribution in [0.15, 0.2) is 0 Å². The summed E-state index contributed by atoms with van der Waals surface area (Å²) in [5.74, 6) is 0.190. The Morgan fingerprint density at radius 1 is 1.56 bits per heavy atom. The Morgan fingerprint density at radius 3 is 2.75 bits per heavy atom. The molecule has 1 N–H and O–H groups in total. The number of carbonyl (C=O) groups is 1. The van der Waals surface area contributed by atoms with Crippen LogP contribution in [0.5, 0.6) is 0 Å². The molecule has 1 amide bonds. The SMILES string of the molecule is CCC(C)(C)N(C)C(=O)CC1COCCN1. The van der Waals surface area contributed by atoms with Gasteiger partial charge in [0.1, 0.15) is 0 Å². The first-order valence-electron chi connectivity index (χ1n) is 6.05. The predicted molar refractivity (Wildman–Crippen MR) is 64.4 cm³/mol. The fourth-order valence-corrected chi connectivity index (χ4v) is 1.67. The second-order valence-electron chi connectivity index (χ2n) is 5.05. The highest BCUT2D eigenvalue weighted by molar-refractivity contribution is 5.77. The molecule has 0 aromatic heterocycles. The third-order valence-corrected chi connectivity index (χ3v) is 3.57. The van der Waals surface area contributed by atoms with Crippen LogP contribution in [0.25, 0.3) is 0 Å². The Kier molecular flexibility index (Phi) is 4.74. The average molecular weight is 228 g/mol. The summed E-state index contributed by atoms with van der Waals surface area (Å²) in [6.07, 6.45) is 1.49. The van der Waals surface area contributed by atoms with E-state index in [2.05, 4.69) is 26.1 Å².